The molecule has 0 amide bonds. The minimum atomic E-state index is -2.75. The quantitative estimate of drug-likeness (QED) is 0.240. The minimum Gasteiger partial charge on any atom is -0.267 e. The summed E-state index contributed by atoms with van der Waals surface area (Å²) in [6.07, 6.45) is 13.9. The van der Waals surface area contributed by atoms with Crippen molar-refractivity contribution in [1.82, 2.24) is 5.01 Å². The SMILES string of the molecule is C=NN(/C=C(\C)CCC)CC(F)(F)C1CCC2C3CCC(CC)C(CCC)C3CCC21C. The summed E-state index contributed by atoms with van der Waals surface area (Å²) in [6.45, 7) is 14.2. The molecule has 32 heavy (non-hydrogen) atoms. The molecule has 4 heteroatoms. The van der Waals surface area contributed by atoms with E-state index in [1.807, 2.05) is 6.92 Å². The van der Waals surface area contributed by atoms with Crippen molar-refractivity contribution in [1.29, 1.82) is 0 Å². The number of hydrogen-bond acceptors (Lipinski definition) is 2. The summed E-state index contributed by atoms with van der Waals surface area (Å²) in [5.74, 6) is 0.281. The van der Waals surface area contributed by atoms with E-state index in [1.165, 1.54) is 37.1 Å². The number of hydrazone groups is 1. The lowest BCUT2D eigenvalue weighted by atomic mass is 9.50. The van der Waals surface area contributed by atoms with Crippen LogP contribution in [0.25, 0.3) is 0 Å². The van der Waals surface area contributed by atoms with Gasteiger partial charge in [-0.05, 0) is 86.9 Å². The molecule has 0 saturated heterocycles. The smallest absolute Gasteiger partial charge is 0.267 e. The highest BCUT2D eigenvalue weighted by molar-refractivity contribution is 5.23. The van der Waals surface area contributed by atoms with E-state index >= 15 is 8.78 Å². The molecular weight excluding hydrogens is 402 g/mol. The number of allylic oxidation sites excluding steroid dienone is 1. The van der Waals surface area contributed by atoms with Crippen molar-refractivity contribution in [3.05, 3.63) is 11.8 Å². The highest BCUT2D eigenvalue weighted by atomic mass is 19.3. The molecule has 0 aromatic heterocycles. The van der Waals surface area contributed by atoms with Crippen molar-refractivity contribution in [3.8, 4) is 0 Å². The fourth-order valence-corrected chi connectivity index (χ4v) is 8.39. The van der Waals surface area contributed by atoms with Crippen molar-refractivity contribution in [2.45, 2.75) is 111 Å². The molecular formula is C28H48F2N2. The summed E-state index contributed by atoms with van der Waals surface area (Å²) >= 11 is 0. The molecule has 0 aromatic rings. The number of fused-ring (bicyclic) bond motifs is 3. The first-order valence-electron chi connectivity index (χ1n) is 13.5. The number of alkyl halides is 2. The molecule has 7 unspecified atom stereocenters. The van der Waals surface area contributed by atoms with Gasteiger partial charge in [0.2, 0.25) is 0 Å². The maximum absolute atomic E-state index is 15.8. The van der Waals surface area contributed by atoms with Crippen LogP contribution in [-0.4, -0.2) is 24.2 Å². The second kappa shape index (κ2) is 10.6. The van der Waals surface area contributed by atoms with Gasteiger partial charge < -0.3 is 0 Å². The Morgan fingerprint density at radius 1 is 1.09 bits per heavy atom. The third-order valence-electron chi connectivity index (χ3n) is 9.74. The normalized spacial score (nSPS) is 37.7. The fourth-order valence-electron chi connectivity index (χ4n) is 8.39. The number of halogens is 2. The van der Waals surface area contributed by atoms with Gasteiger partial charge in [-0.25, -0.2) is 8.78 Å². The van der Waals surface area contributed by atoms with Crippen LogP contribution in [0.5, 0.6) is 0 Å². The van der Waals surface area contributed by atoms with Gasteiger partial charge in [-0.15, -0.1) is 0 Å². The van der Waals surface area contributed by atoms with E-state index in [9.17, 15) is 0 Å². The molecule has 184 valence electrons. The first-order valence-corrected chi connectivity index (χ1v) is 13.5. The molecule has 3 fully saturated rings. The van der Waals surface area contributed by atoms with E-state index in [2.05, 4.69) is 39.5 Å². The van der Waals surface area contributed by atoms with E-state index in [0.717, 1.165) is 55.4 Å². The summed E-state index contributed by atoms with van der Waals surface area (Å²) in [4.78, 5) is 0. The van der Waals surface area contributed by atoms with Crippen molar-refractivity contribution in [2.75, 3.05) is 6.54 Å². The van der Waals surface area contributed by atoms with Crippen molar-refractivity contribution in [2.24, 2.45) is 46.0 Å². The summed E-state index contributed by atoms with van der Waals surface area (Å²) in [6, 6.07) is 0. The van der Waals surface area contributed by atoms with Gasteiger partial charge in [0, 0.05) is 18.8 Å². The van der Waals surface area contributed by atoms with E-state index in [-0.39, 0.29) is 12.0 Å². The van der Waals surface area contributed by atoms with Gasteiger partial charge in [0.25, 0.3) is 5.92 Å². The molecule has 3 saturated carbocycles. The van der Waals surface area contributed by atoms with Crippen LogP contribution in [0, 0.1) is 40.9 Å². The molecule has 0 spiro atoms. The van der Waals surface area contributed by atoms with E-state index in [0.29, 0.717) is 18.3 Å². The molecule has 0 bridgehead atoms. The van der Waals surface area contributed by atoms with Gasteiger partial charge in [-0.2, -0.15) is 5.10 Å². The Morgan fingerprint density at radius 3 is 2.47 bits per heavy atom. The lowest BCUT2D eigenvalue weighted by Gasteiger charge is -2.55. The average molecular weight is 451 g/mol. The van der Waals surface area contributed by atoms with Gasteiger partial charge in [0.1, 0.15) is 6.54 Å². The topological polar surface area (TPSA) is 15.6 Å². The monoisotopic (exact) mass is 450 g/mol. The Bertz CT molecular complexity index is 660. The predicted molar refractivity (Wildman–Crippen MR) is 132 cm³/mol. The Morgan fingerprint density at radius 2 is 1.84 bits per heavy atom. The Kier molecular flexibility index (Phi) is 8.47. The molecule has 0 N–H and O–H groups in total. The van der Waals surface area contributed by atoms with E-state index < -0.39 is 11.8 Å². The minimum absolute atomic E-state index is 0.241. The molecule has 3 aliphatic rings. The highest BCUT2D eigenvalue weighted by Crippen LogP contribution is 2.66. The predicted octanol–water partition coefficient (Wildman–Crippen LogP) is 8.54. The lowest BCUT2D eigenvalue weighted by molar-refractivity contribution is -0.140. The fraction of sp³-hybridized carbons (Fsp3) is 0.893. The summed E-state index contributed by atoms with van der Waals surface area (Å²) in [7, 11) is 0. The molecule has 7 atom stereocenters. The Labute approximate surface area is 196 Å². The number of nitrogens with zero attached hydrogens (tertiary/aromatic N) is 2. The number of rotatable bonds is 10. The zero-order valence-electron chi connectivity index (χ0n) is 21.4. The molecule has 0 heterocycles. The zero-order valence-corrected chi connectivity index (χ0v) is 21.4. The lowest BCUT2D eigenvalue weighted by Crippen LogP contribution is -2.51. The maximum Gasteiger partial charge on any atom is 0.270 e. The Hall–Kier alpha value is -0.930. The molecule has 0 radical (unpaired) electrons. The van der Waals surface area contributed by atoms with Crippen molar-refractivity contribution >= 4 is 6.72 Å². The molecule has 3 aliphatic carbocycles. The largest absolute Gasteiger partial charge is 0.270 e. The van der Waals surface area contributed by atoms with Gasteiger partial charge in [0.05, 0.1) is 0 Å². The van der Waals surface area contributed by atoms with Crippen LogP contribution in [-0.2, 0) is 0 Å². The molecule has 3 rings (SSSR count). The standard InChI is InChI=1S/C28H48F2N2/c1-7-10-20(4)18-32(31-6)19-28(29,30)26-15-14-25-24-13-12-21(9-3)22(11-8-2)23(24)16-17-27(25,26)5/h18,21-26H,6-17,19H2,1-5H3/b20-18+. The van der Waals surface area contributed by atoms with E-state index in [4.69, 9.17) is 0 Å². The average Bonchev–Trinajstić information content (AvgIpc) is 3.12. The van der Waals surface area contributed by atoms with Crippen LogP contribution >= 0.6 is 0 Å². The third kappa shape index (κ3) is 4.94. The highest BCUT2D eigenvalue weighted by Gasteiger charge is 2.62. The first kappa shape index (κ1) is 25.7. The molecule has 2 nitrogen and oxygen atoms in total. The molecule has 0 aromatic carbocycles. The second-order valence-corrected chi connectivity index (χ2v) is 11.5. The maximum atomic E-state index is 15.8. The van der Waals surface area contributed by atoms with Gasteiger partial charge in [-0.1, -0.05) is 59.0 Å². The molecule has 0 aliphatic heterocycles. The summed E-state index contributed by atoms with van der Waals surface area (Å²) < 4.78 is 31.6. The van der Waals surface area contributed by atoms with Gasteiger partial charge in [-0.3, -0.25) is 5.01 Å². The van der Waals surface area contributed by atoms with Crippen LogP contribution < -0.4 is 0 Å². The first-order chi connectivity index (χ1) is 15.2. The van der Waals surface area contributed by atoms with Crippen molar-refractivity contribution < 1.29 is 8.78 Å². The van der Waals surface area contributed by atoms with E-state index in [1.54, 1.807) is 6.20 Å². The Balaban J connectivity index is 1.77. The third-order valence-corrected chi connectivity index (χ3v) is 9.74. The number of hydrogen-bond donors (Lipinski definition) is 0. The van der Waals surface area contributed by atoms with Gasteiger partial charge >= 0.3 is 0 Å². The van der Waals surface area contributed by atoms with Crippen LogP contribution in [0.15, 0.2) is 16.9 Å². The summed E-state index contributed by atoms with van der Waals surface area (Å²) in [5, 5.41) is 5.33. The zero-order chi connectivity index (χ0) is 23.5. The summed E-state index contributed by atoms with van der Waals surface area (Å²) in [5.41, 5.74) is 0.844. The van der Waals surface area contributed by atoms with Crippen LogP contribution in [0.1, 0.15) is 105 Å². The second-order valence-electron chi connectivity index (χ2n) is 11.5. The van der Waals surface area contributed by atoms with Crippen LogP contribution in [0.4, 0.5) is 8.78 Å². The van der Waals surface area contributed by atoms with Crippen LogP contribution in [0.2, 0.25) is 0 Å². The van der Waals surface area contributed by atoms with Crippen molar-refractivity contribution in [3.63, 3.8) is 0 Å². The van der Waals surface area contributed by atoms with Crippen LogP contribution in [0.3, 0.4) is 0 Å². The van der Waals surface area contributed by atoms with Gasteiger partial charge in [0.15, 0.2) is 0 Å².